The number of furan rings is 1. The number of thioether (sulfide) groups is 1. The molecule has 0 atom stereocenters. The first-order valence-corrected chi connectivity index (χ1v) is 12.0. The van der Waals surface area contributed by atoms with Crippen LogP contribution in [-0.2, 0) is 25.0 Å². The largest absolute Gasteiger partial charge is 0.467 e. The van der Waals surface area contributed by atoms with E-state index >= 15 is 0 Å². The quantitative estimate of drug-likeness (QED) is 0.221. The number of alkyl halides is 3. The number of hydrogen-bond acceptors (Lipinski definition) is 6. The minimum Gasteiger partial charge on any atom is -0.467 e. The maximum atomic E-state index is 13.5. The van der Waals surface area contributed by atoms with Gasteiger partial charge in [-0.25, -0.2) is 9.97 Å². The molecule has 4 aromatic rings. The lowest BCUT2D eigenvalue weighted by Gasteiger charge is -2.20. The molecule has 0 aliphatic carbocycles. The molecule has 186 valence electrons. The maximum absolute atomic E-state index is 13.5. The van der Waals surface area contributed by atoms with Crippen molar-refractivity contribution in [3.8, 4) is 0 Å². The molecule has 4 rings (SSSR count). The summed E-state index contributed by atoms with van der Waals surface area (Å²) in [6.07, 6.45) is -3.06. The normalized spacial score (nSPS) is 11.3. The van der Waals surface area contributed by atoms with Crippen molar-refractivity contribution in [1.82, 2.24) is 15.3 Å². The van der Waals surface area contributed by atoms with Crippen molar-refractivity contribution in [3.63, 3.8) is 0 Å². The van der Waals surface area contributed by atoms with Gasteiger partial charge in [0.2, 0.25) is 0 Å². The lowest BCUT2D eigenvalue weighted by molar-refractivity contribution is -0.141. The topological polar surface area (TPSA) is 71.3 Å². The lowest BCUT2D eigenvalue weighted by atomic mass is 10.1. The molecule has 0 saturated heterocycles. The van der Waals surface area contributed by atoms with Crippen LogP contribution in [0.15, 0.2) is 88.6 Å². The molecular weight excluding hydrogens is 489 g/mol. The summed E-state index contributed by atoms with van der Waals surface area (Å²) in [5, 5.41) is 2.79. The molecule has 1 amide bonds. The lowest BCUT2D eigenvalue weighted by Crippen LogP contribution is -2.22. The minimum atomic E-state index is -4.59. The molecule has 0 aliphatic rings. The number of nitrogens with zero attached hydrogens (tertiary/aromatic N) is 3. The van der Waals surface area contributed by atoms with Crippen molar-refractivity contribution in [3.05, 3.63) is 107 Å². The maximum Gasteiger partial charge on any atom is 0.433 e. The van der Waals surface area contributed by atoms with Crippen molar-refractivity contribution in [2.45, 2.75) is 30.2 Å². The summed E-state index contributed by atoms with van der Waals surface area (Å²) in [7, 11) is 1.69. The van der Waals surface area contributed by atoms with Crippen LogP contribution in [0.5, 0.6) is 0 Å². The fourth-order valence-corrected chi connectivity index (χ4v) is 4.15. The molecule has 36 heavy (non-hydrogen) atoms. The van der Waals surface area contributed by atoms with Crippen molar-refractivity contribution < 1.29 is 22.4 Å². The Hall–Kier alpha value is -3.79. The number of anilines is 1. The minimum absolute atomic E-state index is 0.0278. The second-order valence-corrected chi connectivity index (χ2v) is 8.92. The zero-order chi connectivity index (χ0) is 25.5. The van der Waals surface area contributed by atoms with Crippen LogP contribution < -0.4 is 10.2 Å². The van der Waals surface area contributed by atoms with Gasteiger partial charge in [-0.05, 0) is 35.4 Å². The molecule has 0 aliphatic heterocycles. The molecule has 2 heterocycles. The molecule has 0 bridgehead atoms. The Labute approximate surface area is 210 Å². The van der Waals surface area contributed by atoms with Gasteiger partial charge in [-0.1, -0.05) is 54.2 Å². The van der Waals surface area contributed by atoms with Crippen LogP contribution in [0.4, 0.5) is 19.0 Å². The van der Waals surface area contributed by atoms with Crippen molar-refractivity contribution in [2.75, 3.05) is 11.9 Å². The summed E-state index contributed by atoms with van der Waals surface area (Å²) < 4.78 is 45.7. The predicted molar refractivity (Wildman–Crippen MR) is 131 cm³/mol. The first kappa shape index (κ1) is 25.3. The van der Waals surface area contributed by atoms with Gasteiger partial charge < -0.3 is 14.6 Å². The standard InChI is InChI=1S/C26H23F3N4O2S/c1-33(16-18-6-3-2-4-7-18)23-14-22(26(27,28)29)31-25(32-23)36-17-19-9-11-20(12-10-19)24(34)30-15-21-8-5-13-35-21/h2-14H,15-17H2,1H3,(H,30,34). The van der Waals surface area contributed by atoms with E-state index in [0.29, 0.717) is 23.6 Å². The van der Waals surface area contributed by atoms with Crippen LogP contribution in [-0.4, -0.2) is 22.9 Å². The van der Waals surface area contributed by atoms with Crippen LogP contribution in [0, 0.1) is 0 Å². The molecule has 6 nitrogen and oxygen atoms in total. The Morgan fingerprint density at radius 1 is 1.00 bits per heavy atom. The van der Waals surface area contributed by atoms with E-state index in [9.17, 15) is 18.0 Å². The Kier molecular flexibility index (Phi) is 7.94. The van der Waals surface area contributed by atoms with Crippen LogP contribution in [0.1, 0.15) is 32.9 Å². The Balaban J connectivity index is 1.42. The Morgan fingerprint density at radius 2 is 1.75 bits per heavy atom. The van der Waals surface area contributed by atoms with Crippen LogP contribution >= 0.6 is 11.8 Å². The molecule has 2 aromatic carbocycles. The molecule has 2 aromatic heterocycles. The summed E-state index contributed by atoms with van der Waals surface area (Å²) in [6.45, 7) is 0.681. The number of nitrogens with one attached hydrogen (secondary N) is 1. The molecule has 0 fully saturated rings. The molecule has 0 radical (unpaired) electrons. The van der Waals surface area contributed by atoms with Crippen LogP contribution in [0.25, 0.3) is 0 Å². The van der Waals surface area contributed by atoms with Crippen LogP contribution in [0.2, 0.25) is 0 Å². The van der Waals surface area contributed by atoms with Gasteiger partial charge in [0.1, 0.15) is 11.6 Å². The predicted octanol–water partition coefficient (Wildman–Crippen LogP) is 5.95. The number of carbonyl (C=O) groups is 1. The number of benzene rings is 2. The molecule has 0 spiro atoms. The second-order valence-electron chi connectivity index (χ2n) is 7.98. The van der Waals surface area contributed by atoms with Crippen LogP contribution in [0.3, 0.4) is 0 Å². The summed E-state index contributed by atoms with van der Waals surface area (Å²) in [4.78, 5) is 22.1. The number of rotatable bonds is 9. The number of amides is 1. The molecular formula is C26H23F3N4O2S. The van der Waals surface area contributed by atoms with E-state index < -0.39 is 11.9 Å². The van der Waals surface area contributed by atoms with E-state index in [4.69, 9.17) is 4.42 Å². The van der Waals surface area contributed by atoms with E-state index in [1.807, 2.05) is 30.3 Å². The van der Waals surface area contributed by atoms with E-state index in [-0.39, 0.29) is 23.4 Å². The van der Waals surface area contributed by atoms with E-state index in [0.717, 1.165) is 29.0 Å². The summed E-state index contributed by atoms with van der Waals surface area (Å²) in [5.41, 5.74) is 1.26. The Bertz CT molecular complexity index is 1280. The molecule has 0 saturated carbocycles. The first-order chi connectivity index (χ1) is 17.3. The third-order valence-corrected chi connectivity index (χ3v) is 6.14. The summed E-state index contributed by atoms with van der Waals surface area (Å²) in [5.74, 6) is 0.925. The average Bonchev–Trinajstić information content (AvgIpc) is 3.40. The van der Waals surface area contributed by atoms with Gasteiger partial charge in [0.05, 0.1) is 12.8 Å². The van der Waals surface area contributed by atoms with Gasteiger partial charge in [-0.2, -0.15) is 13.2 Å². The monoisotopic (exact) mass is 512 g/mol. The van der Waals surface area contributed by atoms with Gasteiger partial charge in [-0.15, -0.1) is 0 Å². The van der Waals surface area contributed by atoms with Crippen molar-refractivity contribution >= 4 is 23.5 Å². The Morgan fingerprint density at radius 3 is 2.42 bits per heavy atom. The molecule has 10 heteroatoms. The fraction of sp³-hybridized carbons (Fsp3) is 0.192. The van der Waals surface area contributed by atoms with Gasteiger partial charge in [0, 0.05) is 31.0 Å². The number of carbonyl (C=O) groups excluding carboxylic acids is 1. The van der Waals surface area contributed by atoms with Gasteiger partial charge in [0.15, 0.2) is 10.9 Å². The first-order valence-electron chi connectivity index (χ1n) is 11.0. The number of hydrogen-bond donors (Lipinski definition) is 1. The molecule has 1 N–H and O–H groups in total. The average molecular weight is 513 g/mol. The summed E-state index contributed by atoms with van der Waals surface area (Å²) in [6, 6.07) is 20.7. The molecule has 0 unspecified atom stereocenters. The number of halogens is 3. The fourth-order valence-electron chi connectivity index (χ4n) is 3.34. The smallest absolute Gasteiger partial charge is 0.433 e. The SMILES string of the molecule is CN(Cc1ccccc1)c1cc(C(F)(F)F)nc(SCc2ccc(C(=O)NCc3ccco3)cc2)n1. The van der Waals surface area contributed by atoms with E-state index in [1.165, 1.54) is 6.26 Å². The van der Waals surface area contributed by atoms with Gasteiger partial charge in [-0.3, -0.25) is 4.79 Å². The highest BCUT2D eigenvalue weighted by molar-refractivity contribution is 7.98. The van der Waals surface area contributed by atoms with Gasteiger partial charge in [0.25, 0.3) is 5.91 Å². The highest BCUT2D eigenvalue weighted by Gasteiger charge is 2.34. The third-order valence-electron chi connectivity index (χ3n) is 5.22. The summed E-state index contributed by atoms with van der Waals surface area (Å²) >= 11 is 1.10. The second kappa shape index (κ2) is 11.3. The van der Waals surface area contributed by atoms with Crippen molar-refractivity contribution in [2.24, 2.45) is 0 Å². The van der Waals surface area contributed by atoms with Gasteiger partial charge >= 0.3 is 6.18 Å². The zero-order valence-electron chi connectivity index (χ0n) is 19.3. The highest BCUT2D eigenvalue weighted by Crippen LogP contribution is 2.32. The van der Waals surface area contributed by atoms with Crippen molar-refractivity contribution in [1.29, 1.82) is 0 Å². The zero-order valence-corrected chi connectivity index (χ0v) is 20.1. The van der Waals surface area contributed by atoms with E-state index in [1.54, 1.807) is 48.3 Å². The van der Waals surface area contributed by atoms with E-state index in [2.05, 4.69) is 15.3 Å². The highest BCUT2D eigenvalue weighted by atomic mass is 32.2. The third kappa shape index (κ3) is 6.88. The number of aromatic nitrogens is 2.